The number of nitrogens with zero attached hydrogens (tertiary/aromatic N) is 1. The molecular weight excluding hydrogens is 181 g/mol. The number of aldehydes is 1. The highest BCUT2D eigenvalue weighted by Crippen LogP contribution is 2.08. The van der Waals surface area contributed by atoms with Crippen LogP contribution in [-0.2, 0) is 4.79 Å². The van der Waals surface area contributed by atoms with Crippen LogP contribution in [0.25, 0.3) is 0 Å². The van der Waals surface area contributed by atoms with Crippen LogP contribution in [0.15, 0.2) is 18.2 Å². The molecular formula is C11H6FNO. The maximum atomic E-state index is 13.0. The van der Waals surface area contributed by atoms with Gasteiger partial charge in [0.15, 0.2) is 0 Å². The first-order valence-corrected chi connectivity index (χ1v) is 3.90. The zero-order valence-electron chi connectivity index (χ0n) is 7.25. The lowest BCUT2D eigenvalue weighted by Crippen LogP contribution is -1.85. The van der Waals surface area contributed by atoms with E-state index < -0.39 is 5.82 Å². The van der Waals surface area contributed by atoms with Gasteiger partial charge in [0.2, 0.25) is 0 Å². The first-order chi connectivity index (χ1) is 6.77. The van der Waals surface area contributed by atoms with Crippen molar-refractivity contribution in [3.8, 4) is 17.9 Å². The Hall–Kier alpha value is -2.13. The minimum absolute atomic E-state index is 0.0657. The summed E-state index contributed by atoms with van der Waals surface area (Å²) in [5, 5.41) is 8.55. The number of carbonyl (C=O) groups excluding carboxylic acids is 1. The first-order valence-electron chi connectivity index (χ1n) is 3.90. The normalized spacial score (nSPS) is 8.29. The molecule has 0 N–H and O–H groups in total. The minimum atomic E-state index is -0.484. The number of carbonyl (C=O) groups is 1. The second-order valence-electron chi connectivity index (χ2n) is 2.48. The fourth-order valence-corrected chi connectivity index (χ4v) is 0.879. The van der Waals surface area contributed by atoms with Gasteiger partial charge in [0.25, 0.3) is 0 Å². The Morgan fingerprint density at radius 2 is 2.29 bits per heavy atom. The fraction of sp³-hybridized carbons (Fsp3) is 0.0909. The Labute approximate surface area is 81.0 Å². The summed E-state index contributed by atoms with van der Waals surface area (Å²) >= 11 is 0. The summed E-state index contributed by atoms with van der Waals surface area (Å²) in [6, 6.07) is 5.79. The van der Waals surface area contributed by atoms with Gasteiger partial charge in [-0.2, -0.15) is 5.26 Å². The molecule has 1 aromatic carbocycles. The third-order valence-electron chi connectivity index (χ3n) is 1.50. The molecule has 0 aromatic heterocycles. The Morgan fingerprint density at radius 1 is 1.50 bits per heavy atom. The van der Waals surface area contributed by atoms with Crippen LogP contribution in [0.4, 0.5) is 4.39 Å². The lowest BCUT2D eigenvalue weighted by Gasteiger charge is -1.93. The molecule has 0 atom stereocenters. The third kappa shape index (κ3) is 2.43. The van der Waals surface area contributed by atoms with Gasteiger partial charge >= 0.3 is 0 Å². The highest BCUT2D eigenvalue weighted by atomic mass is 19.1. The number of nitriles is 1. The SMILES string of the molecule is N#Cc1ccc(F)c(C#CCC=O)c1. The second kappa shape index (κ2) is 4.79. The van der Waals surface area contributed by atoms with Gasteiger partial charge in [-0.15, -0.1) is 0 Å². The van der Waals surface area contributed by atoms with Gasteiger partial charge in [0.1, 0.15) is 12.1 Å². The molecule has 0 aliphatic rings. The van der Waals surface area contributed by atoms with Gasteiger partial charge in [0, 0.05) is 0 Å². The van der Waals surface area contributed by atoms with Crippen molar-refractivity contribution in [3.05, 3.63) is 35.1 Å². The van der Waals surface area contributed by atoms with Gasteiger partial charge in [-0.25, -0.2) is 4.39 Å². The molecule has 3 heteroatoms. The number of hydrogen-bond acceptors (Lipinski definition) is 2. The predicted molar refractivity (Wildman–Crippen MR) is 48.7 cm³/mol. The van der Waals surface area contributed by atoms with Crippen LogP contribution in [0, 0.1) is 29.0 Å². The molecule has 0 saturated heterocycles. The van der Waals surface area contributed by atoms with E-state index in [2.05, 4.69) is 11.8 Å². The number of hydrogen-bond donors (Lipinski definition) is 0. The van der Waals surface area contributed by atoms with Gasteiger partial charge in [0.05, 0.1) is 23.6 Å². The zero-order valence-corrected chi connectivity index (χ0v) is 7.25. The van der Waals surface area contributed by atoms with Crippen molar-refractivity contribution in [1.29, 1.82) is 5.26 Å². The molecule has 14 heavy (non-hydrogen) atoms. The maximum absolute atomic E-state index is 13.0. The summed E-state index contributed by atoms with van der Waals surface area (Å²) in [6.07, 6.45) is 0.704. The van der Waals surface area contributed by atoms with E-state index in [1.54, 1.807) is 0 Å². The van der Waals surface area contributed by atoms with Crippen LogP contribution >= 0.6 is 0 Å². The fourth-order valence-electron chi connectivity index (χ4n) is 0.879. The summed E-state index contributed by atoms with van der Waals surface area (Å²) < 4.78 is 13.0. The van der Waals surface area contributed by atoms with Crippen molar-refractivity contribution >= 4 is 6.29 Å². The summed E-state index contributed by atoms with van der Waals surface area (Å²) in [4.78, 5) is 9.95. The maximum Gasteiger partial charge on any atom is 0.138 e. The largest absolute Gasteiger partial charge is 0.302 e. The summed E-state index contributed by atoms with van der Waals surface area (Å²) in [5.41, 5.74) is 0.493. The first kappa shape index (κ1) is 9.95. The number of benzene rings is 1. The van der Waals surface area contributed by atoms with Gasteiger partial charge in [-0.3, -0.25) is 0 Å². The molecule has 0 heterocycles. The molecule has 0 radical (unpaired) electrons. The van der Waals surface area contributed by atoms with Crippen LogP contribution in [0.2, 0.25) is 0 Å². The number of halogens is 1. The lowest BCUT2D eigenvalue weighted by molar-refractivity contribution is -0.107. The van der Waals surface area contributed by atoms with Gasteiger partial charge in [-0.1, -0.05) is 11.8 Å². The van der Waals surface area contributed by atoms with Crippen LogP contribution in [0.1, 0.15) is 17.5 Å². The Balaban J connectivity index is 3.03. The Bertz CT molecular complexity index is 449. The van der Waals surface area contributed by atoms with Crippen LogP contribution in [0.5, 0.6) is 0 Å². The Morgan fingerprint density at radius 3 is 2.93 bits per heavy atom. The van der Waals surface area contributed by atoms with E-state index in [0.29, 0.717) is 11.8 Å². The van der Waals surface area contributed by atoms with Crippen molar-refractivity contribution in [2.75, 3.05) is 0 Å². The molecule has 1 aromatic rings. The lowest BCUT2D eigenvalue weighted by atomic mass is 10.1. The summed E-state index contributed by atoms with van der Waals surface area (Å²) in [5.74, 6) is 4.47. The van der Waals surface area contributed by atoms with Gasteiger partial charge in [-0.05, 0) is 18.2 Å². The van der Waals surface area contributed by atoms with E-state index in [1.165, 1.54) is 18.2 Å². The van der Waals surface area contributed by atoms with E-state index in [-0.39, 0.29) is 12.0 Å². The average Bonchev–Trinajstić information content (AvgIpc) is 2.21. The third-order valence-corrected chi connectivity index (χ3v) is 1.50. The smallest absolute Gasteiger partial charge is 0.138 e. The highest BCUT2D eigenvalue weighted by Gasteiger charge is 1.99. The molecule has 0 spiro atoms. The van der Waals surface area contributed by atoms with Crippen molar-refractivity contribution in [2.45, 2.75) is 6.42 Å². The average molecular weight is 187 g/mol. The quantitative estimate of drug-likeness (QED) is 0.495. The molecule has 0 unspecified atom stereocenters. The highest BCUT2D eigenvalue weighted by molar-refractivity contribution is 5.55. The van der Waals surface area contributed by atoms with E-state index in [0.717, 1.165) is 0 Å². The van der Waals surface area contributed by atoms with Crippen molar-refractivity contribution in [1.82, 2.24) is 0 Å². The molecule has 0 fully saturated rings. The molecule has 0 bridgehead atoms. The minimum Gasteiger partial charge on any atom is -0.302 e. The number of rotatable bonds is 1. The van der Waals surface area contributed by atoms with Crippen LogP contribution in [-0.4, -0.2) is 6.29 Å². The summed E-state index contributed by atoms with van der Waals surface area (Å²) in [7, 11) is 0. The monoisotopic (exact) mass is 187 g/mol. The molecule has 1 rings (SSSR count). The standard InChI is InChI=1S/C11H6FNO/c12-11-5-4-9(8-13)7-10(11)3-1-2-6-14/h4-7H,2H2. The molecule has 0 aliphatic heterocycles. The second-order valence-corrected chi connectivity index (χ2v) is 2.48. The topological polar surface area (TPSA) is 40.9 Å². The van der Waals surface area contributed by atoms with E-state index in [9.17, 15) is 9.18 Å². The molecule has 0 amide bonds. The van der Waals surface area contributed by atoms with Gasteiger partial charge < -0.3 is 4.79 Å². The molecule has 0 aliphatic carbocycles. The van der Waals surface area contributed by atoms with Crippen LogP contribution in [0.3, 0.4) is 0 Å². The predicted octanol–water partition coefficient (Wildman–Crippen LogP) is 1.64. The molecule has 68 valence electrons. The molecule has 2 nitrogen and oxygen atoms in total. The van der Waals surface area contributed by atoms with Crippen molar-refractivity contribution < 1.29 is 9.18 Å². The van der Waals surface area contributed by atoms with Crippen molar-refractivity contribution in [3.63, 3.8) is 0 Å². The van der Waals surface area contributed by atoms with E-state index in [4.69, 9.17) is 5.26 Å². The van der Waals surface area contributed by atoms with E-state index >= 15 is 0 Å². The molecule has 0 saturated carbocycles. The van der Waals surface area contributed by atoms with E-state index in [1.807, 2.05) is 6.07 Å². The van der Waals surface area contributed by atoms with Crippen LogP contribution < -0.4 is 0 Å². The summed E-state index contributed by atoms with van der Waals surface area (Å²) in [6.45, 7) is 0. The Kier molecular flexibility index (Phi) is 3.41. The van der Waals surface area contributed by atoms with Crippen molar-refractivity contribution in [2.24, 2.45) is 0 Å². The zero-order chi connectivity index (χ0) is 10.4.